The van der Waals surface area contributed by atoms with Crippen molar-refractivity contribution in [3.8, 4) is 17.1 Å². The maximum absolute atomic E-state index is 12.5. The average molecular weight is 399 g/mol. The van der Waals surface area contributed by atoms with Crippen LogP contribution < -0.4 is 10.9 Å². The molecule has 0 spiro atoms. The van der Waals surface area contributed by atoms with E-state index in [4.69, 9.17) is 4.52 Å². The molecular formula is C21H17N7O2. The molecule has 3 heterocycles. The number of anilines is 1. The number of hydrogen-bond acceptors (Lipinski definition) is 7. The van der Waals surface area contributed by atoms with Gasteiger partial charge in [0, 0.05) is 5.56 Å². The molecule has 5 rings (SSSR count). The first-order valence-corrected chi connectivity index (χ1v) is 9.38. The van der Waals surface area contributed by atoms with Crippen LogP contribution in [-0.2, 0) is 0 Å². The summed E-state index contributed by atoms with van der Waals surface area (Å²) in [5.41, 5.74) is 1.83. The Kier molecular flexibility index (Phi) is 4.32. The number of H-pyrrole nitrogens is 1. The first kappa shape index (κ1) is 17.8. The third-order valence-corrected chi connectivity index (χ3v) is 4.64. The van der Waals surface area contributed by atoms with Crippen LogP contribution in [0.2, 0.25) is 0 Å². The average Bonchev–Trinajstić information content (AvgIpc) is 3.43. The van der Waals surface area contributed by atoms with Crippen molar-refractivity contribution in [3.05, 3.63) is 83.0 Å². The van der Waals surface area contributed by atoms with Crippen molar-refractivity contribution in [2.75, 3.05) is 5.32 Å². The van der Waals surface area contributed by atoms with Crippen molar-refractivity contribution in [1.29, 1.82) is 0 Å². The number of nitrogens with zero attached hydrogens (tertiary/aromatic N) is 5. The largest absolute Gasteiger partial charge is 0.346 e. The summed E-state index contributed by atoms with van der Waals surface area (Å²) in [6.07, 6.45) is 1.51. The van der Waals surface area contributed by atoms with E-state index in [0.717, 1.165) is 11.3 Å². The van der Waals surface area contributed by atoms with Crippen LogP contribution in [-0.4, -0.2) is 29.9 Å². The van der Waals surface area contributed by atoms with Crippen LogP contribution in [0.4, 0.5) is 5.95 Å². The summed E-state index contributed by atoms with van der Waals surface area (Å²) in [7, 11) is 0. The third kappa shape index (κ3) is 3.22. The van der Waals surface area contributed by atoms with E-state index in [2.05, 4.69) is 30.5 Å². The molecule has 9 heteroatoms. The molecule has 1 unspecified atom stereocenters. The fraction of sp³-hybridized carbons (Fsp3) is 0.0952. The summed E-state index contributed by atoms with van der Waals surface area (Å²) in [6.45, 7) is 1.86. The molecule has 148 valence electrons. The molecular weight excluding hydrogens is 382 g/mol. The lowest BCUT2D eigenvalue weighted by Crippen LogP contribution is -2.16. The molecule has 1 atom stereocenters. The molecule has 0 fully saturated rings. The van der Waals surface area contributed by atoms with Crippen LogP contribution in [0.3, 0.4) is 0 Å². The van der Waals surface area contributed by atoms with Gasteiger partial charge in [-0.25, -0.2) is 4.68 Å². The van der Waals surface area contributed by atoms with E-state index in [1.807, 2.05) is 67.6 Å². The predicted molar refractivity (Wildman–Crippen MR) is 111 cm³/mol. The van der Waals surface area contributed by atoms with Crippen molar-refractivity contribution in [2.24, 2.45) is 0 Å². The second-order valence-electron chi connectivity index (χ2n) is 6.73. The van der Waals surface area contributed by atoms with Gasteiger partial charge in [-0.3, -0.25) is 9.78 Å². The van der Waals surface area contributed by atoms with E-state index in [-0.39, 0.29) is 11.6 Å². The van der Waals surface area contributed by atoms with Crippen molar-refractivity contribution < 1.29 is 4.52 Å². The Morgan fingerprint density at radius 1 is 1.03 bits per heavy atom. The zero-order valence-electron chi connectivity index (χ0n) is 16.0. The number of nitrogens with one attached hydrogen (secondary N) is 2. The highest BCUT2D eigenvalue weighted by atomic mass is 16.5. The highest BCUT2D eigenvalue weighted by molar-refractivity contribution is 5.76. The second-order valence-corrected chi connectivity index (χ2v) is 6.73. The Labute approximate surface area is 170 Å². The zero-order chi connectivity index (χ0) is 20.5. The number of fused-ring (bicyclic) bond motifs is 1. The third-order valence-electron chi connectivity index (χ3n) is 4.64. The second kappa shape index (κ2) is 7.28. The van der Waals surface area contributed by atoms with Crippen LogP contribution in [0.25, 0.3) is 28.2 Å². The summed E-state index contributed by atoms with van der Waals surface area (Å²) in [5, 5.41) is 11.9. The normalized spacial score (nSPS) is 12.2. The van der Waals surface area contributed by atoms with Gasteiger partial charge in [0.15, 0.2) is 11.5 Å². The van der Waals surface area contributed by atoms with Crippen LogP contribution in [0.15, 0.2) is 76.2 Å². The molecule has 2 N–H and O–H groups in total. The number of para-hydroxylation sites is 1. The minimum absolute atomic E-state index is 0.282. The number of aromatic amines is 1. The molecule has 0 bridgehead atoms. The Bertz CT molecular complexity index is 1360. The van der Waals surface area contributed by atoms with Gasteiger partial charge in [-0.2, -0.15) is 15.1 Å². The maximum atomic E-state index is 12.5. The monoisotopic (exact) mass is 399 g/mol. The smallest absolute Gasteiger partial charge is 0.263 e. The molecule has 5 aromatic rings. The molecule has 0 amide bonds. The van der Waals surface area contributed by atoms with Crippen LogP contribution in [0.5, 0.6) is 0 Å². The highest BCUT2D eigenvalue weighted by Gasteiger charge is 2.17. The molecule has 9 nitrogen and oxygen atoms in total. The summed E-state index contributed by atoms with van der Waals surface area (Å²) in [4.78, 5) is 24.2. The van der Waals surface area contributed by atoms with E-state index in [0.29, 0.717) is 28.7 Å². The van der Waals surface area contributed by atoms with Crippen molar-refractivity contribution >= 4 is 17.0 Å². The van der Waals surface area contributed by atoms with E-state index in [1.165, 1.54) is 6.20 Å². The lowest BCUT2D eigenvalue weighted by Gasteiger charge is -2.10. The Balaban J connectivity index is 1.45. The topological polar surface area (TPSA) is 115 Å². The molecule has 2 aromatic carbocycles. The van der Waals surface area contributed by atoms with Gasteiger partial charge in [0.2, 0.25) is 5.95 Å². The first-order chi connectivity index (χ1) is 14.7. The first-order valence-electron chi connectivity index (χ1n) is 9.38. The van der Waals surface area contributed by atoms with E-state index < -0.39 is 0 Å². The fourth-order valence-corrected chi connectivity index (χ4v) is 3.12. The van der Waals surface area contributed by atoms with Crippen molar-refractivity contribution in [2.45, 2.75) is 13.0 Å². The SMILES string of the molecule is CC(Nc1nc2c(cnn2-c2ccccc2)c(=O)[nH]1)c1noc(-c2ccccc2)n1. The lowest BCUT2D eigenvalue weighted by atomic mass is 10.2. The summed E-state index contributed by atoms with van der Waals surface area (Å²) < 4.78 is 6.99. The van der Waals surface area contributed by atoms with Gasteiger partial charge in [-0.05, 0) is 31.2 Å². The van der Waals surface area contributed by atoms with Gasteiger partial charge in [-0.15, -0.1) is 0 Å². The molecule has 0 saturated heterocycles. The zero-order valence-corrected chi connectivity index (χ0v) is 16.0. The summed E-state index contributed by atoms with van der Waals surface area (Å²) in [6, 6.07) is 18.7. The quantitative estimate of drug-likeness (QED) is 0.466. The molecule has 0 aliphatic rings. The van der Waals surface area contributed by atoms with Crippen LogP contribution >= 0.6 is 0 Å². The lowest BCUT2D eigenvalue weighted by molar-refractivity contribution is 0.419. The Hall–Kier alpha value is -4.27. The number of aromatic nitrogens is 6. The molecule has 0 saturated carbocycles. The predicted octanol–water partition coefficient (Wildman–Crippen LogP) is 3.33. The van der Waals surface area contributed by atoms with E-state index >= 15 is 0 Å². The Morgan fingerprint density at radius 3 is 2.53 bits per heavy atom. The highest BCUT2D eigenvalue weighted by Crippen LogP contribution is 2.21. The van der Waals surface area contributed by atoms with Gasteiger partial charge >= 0.3 is 0 Å². The fourth-order valence-electron chi connectivity index (χ4n) is 3.12. The molecule has 0 aliphatic carbocycles. The minimum atomic E-state index is -0.347. The number of benzene rings is 2. The summed E-state index contributed by atoms with van der Waals surface area (Å²) in [5.74, 6) is 1.18. The van der Waals surface area contributed by atoms with Gasteiger partial charge in [0.05, 0.1) is 17.9 Å². The number of rotatable bonds is 5. The van der Waals surface area contributed by atoms with E-state index in [1.54, 1.807) is 4.68 Å². The standard InChI is InChI=1S/C21H17N7O2/c1-13(17-24-20(30-27-17)14-8-4-2-5-9-14)23-21-25-18-16(19(29)26-21)12-22-28(18)15-10-6-3-7-11-15/h2-13H,1H3,(H2,23,25,26,29). The van der Waals surface area contributed by atoms with Gasteiger partial charge in [0.25, 0.3) is 11.4 Å². The number of hydrogen-bond donors (Lipinski definition) is 2. The van der Waals surface area contributed by atoms with Crippen molar-refractivity contribution in [3.63, 3.8) is 0 Å². The van der Waals surface area contributed by atoms with Gasteiger partial charge < -0.3 is 9.84 Å². The van der Waals surface area contributed by atoms with Gasteiger partial charge in [0.1, 0.15) is 5.39 Å². The van der Waals surface area contributed by atoms with Crippen LogP contribution in [0.1, 0.15) is 18.8 Å². The van der Waals surface area contributed by atoms with E-state index in [9.17, 15) is 4.79 Å². The van der Waals surface area contributed by atoms with Crippen molar-refractivity contribution in [1.82, 2.24) is 29.9 Å². The Morgan fingerprint density at radius 2 is 1.77 bits per heavy atom. The molecule has 0 aliphatic heterocycles. The molecule has 30 heavy (non-hydrogen) atoms. The maximum Gasteiger partial charge on any atom is 0.263 e. The minimum Gasteiger partial charge on any atom is -0.346 e. The van der Waals surface area contributed by atoms with Gasteiger partial charge in [-0.1, -0.05) is 41.6 Å². The summed E-state index contributed by atoms with van der Waals surface area (Å²) >= 11 is 0. The molecule has 3 aromatic heterocycles. The molecule has 0 radical (unpaired) electrons. The van der Waals surface area contributed by atoms with Crippen LogP contribution in [0, 0.1) is 0 Å².